The lowest BCUT2D eigenvalue weighted by Crippen LogP contribution is -2.29. The van der Waals surface area contributed by atoms with Crippen LogP contribution in [0, 0.1) is 0 Å². The molecule has 1 unspecified atom stereocenters. The lowest BCUT2D eigenvalue weighted by atomic mass is 10.5. The van der Waals surface area contributed by atoms with E-state index < -0.39 is 17.1 Å². The van der Waals surface area contributed by atoms with Crippen molar-refractivity contribution in [1.29, 1.82) is 0 Å². The predicted octanol–water partition coefficient (Wildman–Crippen LogP) is 2.64. The predicted molar refractivity (Wildman–Crippen MR) is 57.4 cm³/mol. The Morgan fingerprint density at radius 1 is 1.27 bits per heavy atom. The summed E-state index contributed by atoms with van der Waals surface area (Å²) in [5.41, 5.74) is 1.42. The molecule has 0 fully saturated rings. The van der Waals surface area contributed by atoms with E-state index in [2.05, 4.69) is 33.1 Å². The van der Waals surface area contributed by atoms with Gasteiger partial charge < -0.3 is 4.43 Å². The third-order valence-electron chi connectivity index (χ3n) is 1.51. The Morgan fingerprint density at radius 3 is 2.18 bits per heavy atom. The van der Waals surface area contributed by atoms with Gasteiger partial charge in [-0.05, 0) is 18.6 Å². The van der Waals surface area contributed by atoms with Gasteiger partial charge in [0.15, 0.2) is 9.04 Å². The highest BCUT2D eigenvalue weighted by Crippen LogP contribution is 2.11. The first kappa shape index (κ1) is 11.4. The first-order valence-corrected chi connectivity index (χ1v) is 10.7. The maximum atomic E-state index is 5.74. The number of hydrogen-bond acceptors (Lipinski definition) is 1. The molecule has 0 aromatic rings. The Hall–Kier alpha value is 0.394. The van der Waals surface area contributed by atoms with E-state index in [-0.39, 0.29) is 0 Å². The van der Waals surface area contributed by atoms with E-state index in [1.165, 1.54) is 12.1 Å². The first-order valence-electron chi connectivity index (χ1n) is 4.57. The van der Waals surface area contributed by atoms with Gasteiger partial charge in [-0.1, -0.05) is 26.6 Å². The SMILES string of the molecule is CCCO[SiH](C)C[Si](C)(C)C. The second-order valence-corrected chi connectivity index (χ2v) is 13.2. The van der Waals surface area contributed by atoms with Gasteiger partial charge >= 0.3 is 0 Å². The van der Waals surface area contributed by atoms with Gasteiger partial charge in [-0.15, -0.1) is 0 Å². The summed E-state index contributed by atoms with van der Waals surface area (Å²) in [4.78, 5) is 0. The molecule has 1 atom stereocenters. The molecule has 0 bridgehead atoms. The highest BCUT2D eigenvalue weighted by molar-refractivity contribution is 6.85. The summed E-state index contributed by atoms with van der Waals surface area (Å²) in [7, 11) is -1.62. The van der Waals surface area contributed by atoms with Crippen LogP contribution < -0.4 is 0 Å². The van der Waals surface area contributed by atoms with Crippen LogP contribution in [-0.4, -0.2) is 23.7 Å². The van der Waals surface area contributed by atoms with Crippen molar-refractivity contribution in [3.8, 4) is 0 Å². The average molecular weight is 190 g/mol. The van der Waals surface area contributed by atoms with Gasteiger partial charge in [0.1, 0.15) is 0 Å². The Kier molecular flexibility index (Phi) is 5.30. The van der Waals surface area contributed by atoms with E-state index in [4.69, 9.17) is 4.43 Å². The highest BCUT2D eigenvalue weighted by Gasteiger charge is 2.18. The molecular formula is C8H22OSi2. The van der Waals surface area contributed by atoms with Crippen LogP contribution in [0.2, 0.25) is 31.9 Å². The van der Waals surface area contributed by atoms with Crippen LogP contribution >= 0.6 is 0 Å². The summed E-state index contributed by atoms with van der Waals surface area (Å²) in [5.74, 6) is 0. The summed E-state index contributed by atoms with van der Waals surface area (Å²) in [6.07, 6.45) is 1.17. The maximum absolute atomic E-state index is 5.74. The maximum Gasteiger partial charge on any atom is 0.171 e. The molecule has 0 amide bonds. The summed E-state index contributed by atoms with van der Waals surface area (Å²) in [6.45, 7) is 12.8. The summed E-state index contributed by atoms with van der Waals surface area (Å²) in [5, 5.41) is 0. The number of rotatable bonds is 5. The van der Waals surface area contributed by atoms with Crippen molar-refractivity contribution in [2.45, 2.75) is 45.2 Å². The molecule has 68 valence electrons. The Bertz CT molecular complexity index is 98.8. The topological polar surface area (TPSA) is 9.23 Å². The zero-order valence-corrected chi connectivity index (χ0v) is 10.8. The second kappa shape index (κ2) is 5.11. The standard InChI is InChI=1S/C8H22OSi2/c1-6-7-9-10(2)8-11(3,4)5/h10H,6-8H2,1-5H3. The van der Waals surface area contributed by atoms with E-state index in [9.17, 15) is 0 Å². The van der Waals surface area contributed by atoms with Crippen molar-refractivity contribution in [1.82, 2.24) is 0 Å². The molecular weight excluding hydrogens is 168 g/mol. The molecule has 0 N–H and O–H groups in total. The Labute approximate surface area is 73.9 Å². The molecule has 0 aromatic carbocycles. The summed E-state index contributed by atoms with van der Waals surface area (Å²) in [6, 6.07) is 0. The molecule has 1 nitrogen and oxygen atoms in total. The molecule has 0 aromatic heterocycles. The van der Waals surface area contributed by atoms with Crippen LogP contribution in [0.25, 0.3) is 0 Å². The van der Waals surface area contributed by atoms with Crippen LogP contribution in [0.3, 0.4) is 0 Å². The van der Waals surface area contributed by atoms with E-state index in [0.717, 1.165) is 6.61 Å². The normalized spacial score (nSPS) is 15.0. The smallest absolute Gasteiger partial charge is 0.171 e. The minimum absolute atomic E-state index is 0.783. The number of hydrogen-bond donors (Lipinski definition) is 0. The fraction of sp³-hybridized carbons (Fsp3) is 1.00. The summed E-state index contributed by atoms with van der Waals surface area (Å²) < 4.78 is 5.74. The zero-order valence-electron chi connectivity index (χ0n) is 8.61. The van der Waals surface area contributed by atoms with Crippen molar-refractivity contribution >= 4 is 17.1 Å². The molecule has 0 heterocycles. The first-order chi connectivity index (χ1) is 4.95. The highest BCUT2D eigenvalue weighted by atomic mass is 28.4. The van der Waals surface area contributed by atoms with E-state index >= 15 is 0 Å². The van der Waals surface area contributed by atoms with Crippen molar-refractivity contribution in [3.05, 3.63) is 0 Å². The molecule has 11 heavy (non-hydrogen) atoms. The van der Waals surface area contributed by atoms with Gasteiger partial charge in [-0.25, -0.2) is 0 Å². The molecule has 0 saturated heterocycles. The Morgan fingerprint density at radius 2 is 1.82 bits per heavy atom. The quantitative estimate of drug-likeness (QED) is 0.606. The molecule has 0 aliphatic heterocycles. The second-order valence-electron chi connectivity index (χ2n) is 4.45. The Balaban J connectivity index is 3.44. The van der Waals surface area contributed by atoms with Crippen LogP contribution in [0.1, 0.15) is 13.3 Å². The zero-order chi connectivity index (χ0) is 8.91. The van der Waals surface area contributed by atoms with Crippen molar-refractivity contribution in [3.63, 3.8) is 0 Å². The molecule has 0 aliphatic carbocycles. The molecule has 0 rings (SSSR count). The summed E-state index contributed by atoms with van der Waals surface area (Å²) >= 11 is 0. The lowest BCUT2D eigenvalue weighted by molar-refractivity contribution is 0.324. The lowest BCUT2D eigenvalue weighted by Gasteiger charge is -2.20. The van der Waals surface area contributed by atoms with Crippen LogP contribution in [-0.2, 0) is 4.43 Å². The minimum atomic E-state index is -0.834. The van der Waals surface area contributed by atoms with Crippen LogP contribution in [0.4, 0.5) is 0 Å². The van der Waals surface area contributed by atoms with E-state index in [0.29, 0.717) is 0 Å². The van der Waals surface area contributed by atoms with Crippen molar-refractivity contribution in [2.75, 3.05) is 6.61 Å². The third kappa shape index (κ3) is 8.30. The van der Waals surface area contributed by atoms with E-state index in [1.807, 2.05) is 0 Å². The fourth-order valence-corrected chi connectivity index (χ4v) is 9.25. The molecule has 0 saturated carbocycles. The third-order valence-corrected chi connectivity index (χ3v) is 9.51. The average Bonchev–Trinajstić information content (AvgIpc) is 1.79. The molecule has 0 radical (unpaired) electrons. The van der Waals surface area contributed by atoms with Gasteiger partial charge in [-0.3, -0.25) is 0 Å². The molecule has 0 spiro atoms. The largest absolute Gasteiger partial charge is 0.421 e. The van der Waals surface area contributed by atoms with Crippen LogP contribution in [0.15, 0.2) is 0 Å². The fourth-order valence-electron chi connectivity index (χ4n) is 1.24. The van der Waals surface area contributed by atoms with Crippen molar-refractivity contribution < 1.29 is 4.43 Å². The van der Waals surface area contributed by atoms with E-state index in [1.54, 1.807) is 0 Å². The van der Waals surface area contributed by atoms with Crippen molar-refractivity contribution in [2.24, 2.45) is 0 Å². The monoisotopic (exact) mass is 190 g/mol. The van der Waals surface area contributed by atoms with Gasteiger partial charge in [0.25, 0.3) is 0 Å². The molecule has 3 heteroatoms. The molecule has 0 aliphatic rings. The van der Waals surface area contributed by atoms with Gasteiger partial charge in [0.2, 0.25) is 0 Å². The van der Waals surface area contributed by atoms with Gasteiger partial charge in [0, 0.05) is 14.7 Å². The van der Waals surface area contributed by atoms with Gasteiger partial charge in [0.05, 0.1) is 0 Å². The minimum Gasteiger partial charge on any atom is -0.421 e. The van der Waals surface area contributed by atoms with Gasteiger partial charge in [-0.2, -0.15) is 0 Å². The van der Waals surface area contributed by atoms with Crippen LogP contribution in [0.5, 0.6) is 0 Å².